The van der Waals surface area contributed by atoms with Crippen molar-refractivity contribution in [1.29, 1.82) is 0 Å². The van der Waals surface area contributed by atoms with Crippen molar-refractivity contribution in [3.05, 3.63) is 35.4 Å². The Morgan fingerprint density at radius 3 is 2.68 bits per heavy atom. The second kappa shape index (κ2) is 9.11. The zero-order valence-corrected chi connectivity index (χ0v) is 12.9. The van der Waals surface area contributed by atoms with E-state index in [4.69, 9.17) is 4.74 Å². The van der Waals surface area contributed by atoms with E-state index in [2.05, 4.69) is 50.4 Å². The lowest BCUT2D eigenvalue weighted by Crippen LogP contribution is -2.30. The van der Waals surface area contributed by atoms with Gasteiger partial charge in [0.15, 0.2) is 0 Å². The Labute approximate surface area is 118 Å². The fraction of sp³-hybridized carbons (Fsp3) is 0.647. The molecule has 0 bridgehead atoms. The molecule has 0 aliphatic carbocycles. The predicted octanol–water partition coefficient (Wildman–Crippen LogP) is 3.58. The molecule has 19 heavy (non-hydrogen) atoms. The maximum Gasteiger partial charge on any atom is 0.0462 e. The summed E-state index contributed by atoms with van der Waals surface area (Å²) in [6.07, 6.45) is 3.53. The van der Waals surface area contributed by atoms with E-state index in [1.165, 1.54) is 17.5 Å². The minimum Gasteiger partial charge on any atom is -0.385 e. The smallest absolute Gasteiger partial charge is 0.0462 e. The van der Waals surface area contributed by atoms with Crippen LogP contribution in [0.3, 0.4) is 0 Å². The van der Waals surface area contributed by atoms with Gasteiger partial charge < -0.3 is 10.1 Å². The minimum atomic E-state index is 0.558. The van der Waals surface area contributed by atoms with Gasteiger partial charge in [-0.2, -0.15) is 0 Å². The lowest BCUT2D eigenvalue weighted by atomic mass is 9.94. The average molecular weight is 263 g/mol. The molecule has 1 rings (SSSR count). The van der Waals surface area contributed by atoms with Gasteiger partial charge in [0.2, 0.25) is 0 Å². The largest absolute Gasteiger partial charge is 0.385 e. The van der Waals surface area contributed by atoms with Crippen LogP contribution in [0.2, 0.25) is 0 Å². The number of rotatable bonds is 9. The summed E-state index contributed by atoms with van der Waals surface area (Å²) in [7, 11) is 1.78. The van der Waals surface area contributed by atoms with Crippen molar-refractivity contribution in [2.45, 2.75) is 46.1 Å². The maximum atomic E-state index is 5.17. The SMILES string of the molecule is COCCCC(CNC(C)C)Cc1cccc(C)c1. The lowest BCUT2D eigenvalue weighted by Gasteiger charge is -2.19. The molecule has 1 aromatic rings. The summed E-state index contributed by atoms with van der Waals surface area (Å²) in [5.74, 6) is 0.694. The molecular weight excluding hydrogens is 234 g/mol. The van der Waals surface area contributed by atoms with Crippen LogP contribution in [0.1, 0.15) is 37.8 Å². The first-order valence-electron chi connectivity index (χ1n) is 7.39. The zero-order chi connectivity index (χ0) is 14.1. The summed E-state index contributed by atoms with van der Waals surface area (Å²) in [5.41, 5.74) is 2.80. The fourth-order valence-electron chi connectivity index (χ4n) is 2.37. The van der Waals surface area contributed by atoms with Crippen LogP contribution < -0.4 is 5.32 Å². The molecule has 0 heterocycles. The van der Waals surface area contributed by atoms with Crippen molar-refractivity contribution < 1.29 is 4.74 Å². The van der Waals surface area contributed by atoms with Crippen LogP contribution in [0, 0.1) is 12.8 Å². The van der Waals surface area contributed by atoms with E-state index in [0.29, 0.717) is 12.0 Å². The Bertz CT molecular complexity index is 349. The molecular formula is C17H29NO. The Morgan fingerprint density at radius 2 is 2.05 bits per heavy atom. The van der Waals surface area contributed by atoms with Crippen LogP contribution >= 0.6 is 0 Å². The van der Waals surface area contributed by atoms with E-state index < -0.39 is 0 Å². The van der Waals surface area contributed by atoms with Gasteiger partial charge in [0.1, 0.15) is 0 Å². The summed E-state index contributed by atoms with van der Waals surface area (Å²) in [5, 5.41) is 3.57. The summed E-state index contributed by atoms with van der Waals surface area (Å²) in [6, 6.07) is 9.43. The van der Waals surface area contributed by atoms with E-state index in [0.717, 1.165) is 26.0 Å². The Morgan fingerprint density at radius 1 is 1.26 bits per heavy atom. The third-order valence-corrected chi connectivity index (χ3v) is 3.38. The molecule has 0 saturated carbocycles. The molecule has 0 radical (unpaired) electrons. The van der Waals surface area contributed by atoms with Crippen LogP contribution in [0.4, 0.5) is 0 Å². The summed E-state index contributed by atoms with van der Waals surface area (Å²) < 4.78 is 5.17. The standard InChI is InChI=1S/C17H29NO/c1-14(2)18-13-17(9-6-10-19-4)12-16-8-5-7-15(3)11-16/h5,7-8,11,14,17-18H,6,9-10,12-13H2,1-4H3. The van der Waals surface area contributed by atoms with Crippen LogP contribution in [0.25, 0.3) is 0 Å². The Kier molecular flexibility index (Phi) is 7.76. The van der Waals surface area contributed by atoms with Crippen molar-refractivity contribution in [2.75, 3.05) is 20.3 Å². The third kappa shape index (κ3) is 7.34. The predicted molar refractivity (Wildman–Crippen MR) is 82.6 cm³/mol. The Balaban J connectivity index is 2.51. The number of ether oxygens (including phenoxy) is 1. The molecule has 2 heteroatoms. The normalized spacial score (nSPS) is 12.9. The van der Waals surface area contributed by atoms with Gasteiger partial charge >= 0.3 is 0 Å². The molecule has 1 unspecified atom stereocenters. The van der Waals surface area contributed by atoms with Gasteiger partial charge in [-0.3, -0.25) is 0 Å². The van der Waals surface area contributed by atoms with E-state index >= 15 is 0 Å². The number of hydrogen-bond donors (Lipinski definition) is 1. The number of nitrogens with one attached hydrogen (secondary N) is 1. The van der Waals surface area contributed by atoms with E-state index in [1.54, 1.807) is 7.11 Å². The van der Waals surface area contributed by atoms with E-state index in [-0.39, 0.29) is 0 Å². The van der Waals surface area contributed by atoms with Crippen molar-refractivity contribution in [2.24, 2.45) is 5.92 Å². The molecule has 0 saturated heterocycles. The van der Waals surface area contributed by atoms with Crippen LogP contribution in [-0.2, 0) is 11.2 Å². The van der Waals surface area contributed by atoms with Gasteiger partial charge in [0, 0.05) is 19.8 Å². The number of methoxy groups -OCH3 is 1. The molecule has 0 aromatic heterocycles. The number of hydrogen-bond acceptors (Lipinski definition) is 2. The highest BCUT2D eigenvalue weighted by atomic mass is 16.5. The van der Waals surface area contributed by atoms with Crippen molar-refractivity contribution in [3.8, 4) is 0 Å². The molecule has 1 atom stereocenters. The summed E-state index contributed by atoms with van der Waals surface area (Å²) >= 11 is 0. The minimum absolute atomic E-state index is 0.558. The van der Waals surface area contributed by atoms with E-state index in [1.807, 2.05) is 0 Å². The molecule has 2 nitrogen and oxygen atoms in total. The van der Waals surface area contributed by atoms with E-state index in [9.17, 15) is 0 Å². The molecule has 0 aliphatic rings. The van der Waals surface area contributed by atoms with Gasteiger partial charge in [0.05, 0.1) is 0 Å². The molecule has 0 aliphatic heterocycles. The number of benzene rings is 1. The molecule has 108 valence electrons. The summed E-state index contributed by atoms with van der Waals surface area (Å²) in [4.78, 5) is 0. The average Bonchev–Trinajstić information content (AvgIpc) is 2.36. The van der Waals surface area contributed by atoms with Gasteiger partial charge in [-0.25, -0.2) is 0 Å². The highest BCUT2D eigenvalue weighted by Crippen LogP contribution is 2.15. The lowest BCUT2D eigenvalue weighted by molar-refractivity contribution is 0.186. The highest BCUT2D eigenvalue weighted by molar-refractivity contribution is 5.22. The topological polar surface area (TPSA) is 21.3 Å². The highest BCUT2D eigenvalue weighted by Gasteiger charge is 2.10. The van der Waals surface area contributed by atoms with Crippen molar-refractivity contribution in [1.82, 2.24) is 5.32 Å². The number of aryl methyl sites for hydroxylation is 1. The van der Waals surface area contributed by atoms with Gasteiger partial charge in [-0.05, 0) is 44.2 Å². The van der Waals surface area contributed by atoms with Crippen molar-refractivity contribution >= 4 is 0 Å². The fourth-order valence-corrected chi connectivity index (χ4v) is 2.37. The maximum absolute atomic E-state index is 5.17. The first-order valence-corrected chi connectivity index (χ1v) is 7.39. The van der Waals surface area contributed by atoms with Crippen LogP contribution in [0.15, 0.2) is 24.3 Å². The third-order valence-electron chi connectivity index (χ3n) is 3.38. The first-order chi connectivity index (χ1) is 9.11. The molecule has 0 amide bonds. The van der Waals surface area contributed by atoms with Gasteiger partial charge in [-0.1, -0.05) is 43.7 Å². The monoisotopic (exact) mass is 263 g/mol. The van der Waals surface area contributed by atoms with Gasteiger partial charge in [-0.15, -0.1) is 0 Å². The molecule has 0 spiro atoms. The van der Waals surface area contributed by atoms with Crippen molar-refractivity contribution in [3.63, 3.8) is 0 Å². The quantitative estimate of drug-likeness (QED) is 0.688. The van der Waals surface area contributed by atoms with Gasteiger partial charge in [0.25, 0.3) is 0 Å². The second-order valence-corrected chi connectivity index (χ2v) is 5.76. The summed E-state index contributed by atoms with van der Waals surface area (Å²) in [6.45, 7) is 8.54. The first kappa shape index (κ1) is 16.2. The second-order valence-electron chi connectivity index (χ2n) is 5.76. The van der Waals surface area contributed by atoms with Crippen LogP contribution in [0.5, 0.6) is 0 Å². The molecule has 0 fully saturated rings. The Hall–Kier alpha value is -0.860. The molecule has 1 aromatic carbocycles. The zero-order valence-electron chi connectivity index (χ0n) is 12.9. The molecule has 1 N–H and O–H groups in total. The van der Waals surface area contributed by atoms with Crippen LogP contribution in [-0.4, -0.2) is 26.3 Å².